The molecule has 0 radical (unpaired) electrons. The lowest BCUT2D eigenvalue weighted by Crippen LogP contribution is -2.20. The topological polar surface area (TPSA) is 24.9 Å². The zero-order chi connectivity index (χ0) is 13.8. The van der Waals surface area contributed by atoms with Gasteiger partial charge in [0.25, 0.3) is 0 Å². The number of hydrogen-bond acceptors (Lipinski definition) is 2. The average Bonchev–Trinajstić information content (AvgIpc) is 2.41. The summed E-state index contributed by atoms with van der Waals surface area (Å²) in [5.74, 6) is -0.209. The fourth-order valence-corrected chi connectivity index (χ4v) is 2.50. The lowest BCUT2D eigenvalue weighted by molar-refractivity contribution is 0.530. The van der Waals surface area contributed by atoms with Crippen LogP contribution in [-0.4, -0.2) is 12.0 Å². The van der Waals surface area contributed by atoms with Gasteiger partial charge in [-0.1, -0.05) is 15.9 Å². The van der Waals surface area contributed by atoms with Crippen LogP contribution in [0.1, 0.15) is 17.3 Å². The number of aromatic nitrogens is 1. The lowest BCUT2D eigenvalue weighted by Gasteiger charge is -2.17. The van der Waals surface area contributed by atoms with E-state index >= 15 is 0 Å². The molecule has 1 heterocycles. The summed E-state index contributed by atoms with van der Waals surface area (Å²) >= 11 is 6.72. The second-order valence-electron chi connectivity index (χ2n) is 4.18. The van der Waals surface area contributed by atoms with Gasteiger partial charge in [-0.05, 0) is 53.3 Å². The molecule has 0 spiro atoms. The molecule has 0 fully saturated rings. The summed E-state index contributed by atoms with van der Waals surface area (Å²) in [5, 5.41) is 3.14. The van der Waals surface area contributed by atoms with E-state index < -0.39 is 0 Å². The van der Waals surface area contributed by atoms with E-state index in [1.165, 1.54) is 6.07 Å². The molecule has 0 saturated heterocycles. The summed E-state index contributed by atoms with van der Waals surface area (Å²) in [6, 6.07) is 8.74. The van der Waals surface area contributed by atoms with E-state index in [1.54, 1.807) is 18.3 Å². The van der Waals surface area contributed by atoms with E-state index in [0.717, 1.165) is 14.6 Å². The normalized spacial score (nSPS) is 12.4. The summed E-state index contributed by atoms with van der Waals surface area (Å²) in [7, 11) is 1.82. The highest BCUT2D eigenvalue weighted by atomic mass is 79.9. The predicted molar refractivity (Wildman–Crippen MR) is 81.5 cm³/mol. The number of benzene rings is 1. The van der Waals surface area contributed by atoms with Gasteiger partial charge in [-0.2, -0.15) is 0 Å². The van der Waals surface area contributed by atoms with Crippen LogP contribution in [0, 0.1) is 5.82 Å². The molecule has 0 saturated carbocycles. The molecular weight excluding hydrogens is 375 g/mol. The average molecular weight is 388 g/mol. The molecule has 100 valence electrons. The van der Waals surface area contributed by atoms with Gasteiger partial charge >= 0.3 is 0 Å². The minimum atomic E-state index is -0.209. The first-order chi connectivity index (χ1) is 9.10. The summed E-state index contributed by atoms with van der Waals surface area (Å²) < 4.78 is 15.7. The number of hydrogen-bond donors (Lipinski definition) is 1. The van der Waals surface area contributed by atoms with E-state index in [2.05, 4.69) is 42.2 Å². The molecule has 1 N–H and O–H groups in total. The Labute approximate surface area is 128 Å². The molecule has 0 aliphatic heterocycles. The SMILES string of the molecule is CNC(Cc1ccc(Br)cn1)c1cc(Br)ccc1F. The van der Waals surface area contributed by atoms with E-state index in [1.807, 2.05) is 19.2 Å². The molecule has 19 heavy (non-hydrogen) atoms. The number of nitrogens with zero attached hydrogens (tertiary/aromatic N) is 1. The fraction of sp³-hybridized carbons (Fsp3) is 0.214. The molecular formula is C14H13Br2FN2. The van der Waals surface area contributed by atoms with Crippen LogP contribution in [0.2, 0.25) is 0 Å². The molecule has 0 aliphatic rings. The monoisotopic (exact) mass is 386 g/mol. The largest absolute Gasteiger partial charge is 0.313 e. The Bertz CT molecular complexity index is 558. The van der Waals surface area contributed by atoms with Crippen LogP contribution >= 0.6 is 31.9 Å². The van der Waals surface area contributed by atoms with Crippen molar-refractivity contribution >= 4 is 31.9 Å². The summed E-state index contributed by atoms with van der Waals surface area (Å²) in [4.78, 5) is 4.32. The second-order valence-corrected chi connectivity index (χ2v) is 6.01. The van der Waals surface area contributed by atoms with E-state index in [0.29, 0.717) is 12.0 Å². The van der Waals surface area contributed by atoms with Gasteiger partial charge in [0.05, 0.1) is 0 Å². The third kappa shape index (κ3) is 3.84. The van der Waals surface area contributed by atoms with Crippen molar-refractivity contribution in [2.24, 2.45) is 0 Å². The standard InChI is InChI=1S/C14H13Br2FN2/c1-18-14(7-11-4-2-10(16)8-19-11)12-6-9(15)3-5-13(12)17/h2-6,8,14,18H,7H2,1H3. The van der Waals surface area contributed by atoms with Crippen molar-refractivity contribution in [1.82, 2.24) is 10.3 Å². The van der Waals surface area contributed by atoms with Crippen LogP contribution in [0.4, 0.5) is 4.39 Å². The summed E-state index contributed by atoms with van der Waals surface area (Å²) in [6.07, 6.45) is 2.39. The first kappa shape index (κ1) is 14.6. The van der Waals surface area contributed by atoms with Gasteiger partial charge in [0, 0.05) is 38.9 Å². The van der Waals surface area contributed by atoms with E-state index in [9.17, 15) is 4.39 Å². The van der Waals surface area contributed by atoms with Crippen LogP contribution in [0.25, 0.3) is 0 Å². The van der Waals surface area contributed by atoms with Gasteiger partial charge in [-0.25, -0.2) is 4.39 Å². The summed E-state index contributed by atoms with van der Waals surface area (Å²) in [6.45, 7) is 0. The van der Waals surface area contributed by atoms with Gasteiger partial charge in [0.2, 0.25) is 0 Å². The Morgan fingerprint density at radius 2 is 1.95 bits per heavy atom. The molecule has 1 unspecified atom stereocenters. The van der Waals surface area contributed by atoms with Crippen LogP contribution < -0.4 is 5.32 Å². The van der Waals surface area contributed by atoms with Gasteiger partial charge < -0.3 is 5.32 Å². The molecule has 0 amide bonds. The number of halogens is 3. The quantitative estimate of drug-likeness (QED) is 0.848. The highest BCUT2D eigenvalue weighted by Gasteiger charge is 2.15. The first-order valence-corrected chi connectivity index (χ1v) is 7.41. The van der Waals surface area contributed by atoms with Crippen LogP contribution in [0.5, 0.6) is 0 Å². The molecule has 2 nitrogen and oxygen atoms in total. The third-order valence-corrected chi connectivity index (χ3v) is 3.85. The molecule has 2 aromatic rings. The Hall–Kier alpha value is -0.780. The smallest absolute Gasteiger partial charge is 0.128 e. The maximum absolute atomic E-state index is 13.9. The Balaban J connectivity index is 2.24. The maximum Gasteiger partial charge on any atom is 0.128 e. The molecule has 0 bridgehead atoms. The zero-order valence-electron chi connectivity index (χ0n) is 10.3. The molecule has 1 aromatic carbocycles. The second kappa shape index (κ2) is 6.59. The zero-order valence-corrected chi connectivity index (χ0v) is 13.5. The Morgan fingerprint density at radius 3 is 2.58 bits per heavy atom. The highest BCUT2D eigenvalue weighted by molar-refractivity contribution is 9.10. The van der Waals surface area contributed by atoms with Crippen molar-refractivity contribution in [3.05, 3.63) is 62.5 Å². The number of nitrogens with one attached hydrogen (secondary N) is 1. The van der Waals surface area contributed by atoms with E-state index in [4.69, 9.17) is 0 Å². The minimum absolute atomic E-state index is 0.105. The third-order valence-electron chi connectivity index (χ3n) is 2.88. The van der Waals surface area contributed by atoms with Crippen molar-refractivity contribution < 1.29 is 4.39 Å². The molecule has 1 aromatic heterocycles. The van der Waals surface area contributed by atoms with Crippen molar-refractivity contribution in [2.45, 2.75) is 12.5 Å². The van der Waals surface area contributed by atoms with Crippen molar-refractivity contribution in [3.8, 4) is 0 Å². The van der Waals surface area contributed by atoms with Gasteiger partial charge in [0.1, 0.15) is 5.82 Å². The first-order valence-electron chi connectivity index (χ1n) is 5.83. The number of pyridine rings is 1. The van der Waals surface area contributed by atoms with E-state index in [-0.39, 0.29) is 11.9 Å². The highest BCUT2D eigenvalue weighted by Crippen LogP contribution is 2.24. The van der Waals surface area contributed by atoms with Crippen molar-refractivity contribution in [2.75, 3.05) is 7.05 Å². The van der Waals surface area contributed by atoms with Gasteiger partial charge in [0.15, 0.2) is 0 Å². The van der Waals surface area contributed by atoms with Gasteiger partial charge in [-0.3, -0.25) is 4.98 Å². The molecule has 5 heteroatoms. The molecule has 1 atom stereocenters. The van der Waals surface area contributed by atoms with Crippen LogP contribution in [0.15, 0.2) is 45.5 Å². The summed E-state index contributed by atoms with van der Waals surface area (Å²) in [5.41, 5.74) is 1.56. The van der Waals surface area contributed by atoms with Crippen molar-refractivity contribution in [3.63, 3.8) is 0 Å². The fourth-order valence-electron chi connectivity index (χ4n) is 1.89. The Kier molecular flexibility index (Phi) is 5.07. The van der Waals surface area contributed by atoms with Crippen molar-refractivity contribution in [1.29, 1.82) is 0 Å². The lowest BCUT2D eigenvalue weighted by atomic mass is 10.0. The number of rotatable bonds is 4. The van der Waals surface area contributed by atoms with Crippen LogP contribution in [0.3, 0.4) is 0 Å². The van der Waals surface area contributed by atoms with Crippen LogP contribution in [-0.2, 0) is 6.42 Å². The van der Waals surface area contributed by atoms with Gasteiger partial charge in [-0.15, -0.1) is 0 Å². The number of likely N-dealkylation sites (N-methyl/N-ethyl adjacent to an activating group) is 1. The molecule has 0 aliphatic carbocycles. The minimum Gasteiger partial charge on any atom is -0.313 e. The Morgan fingerprint density at radius 1 is 1.21 bits per heavy atom. The predicted octanol–water partition coefficient (Wildman–Crippen LogP) is 4.25. The maximum atomic E-state index is 13.9. The molecule has 2 rings (SSSR count).